The standard InChI is InChI=1S/C17H19BrFNO/c1-12(2)21-16-5-3-4-13(8-16)10-20-11-14-9-15(19)6-7-17(14)18/h3-9,12,20H,10-11H2,1-2H3. The van der Waals surface area contributed by atoms with Crippen molar-refractivity contribution in [3.8, 4) is 5.75 Å². The third-order valence-electron chi connectivity index (χ3n) is 2.92. The fourth-order valence-corrected chi connectivity index (χ4v) is 2.41. The molecule has 2 aromatic rings. The molecular formula is C17H19BrFNO. The molecule has 0 spiro atoms. The lowest BCUT2D eigenvalue weighted by Gasteiger charge is -2.11. The summed E-state index contributed by atoms with van der Waals surface area (Å²) in [5, 5.41) is 3.31. The first-order chi connectivity index (χ1) is 10.0. The molecule has 112 valence electrons. The van der Waals surface area contributed by atoms with Crippen molar-refractivity contribution in [1.82, 2.24) is 5.32 Å². The molecule has 2 rings (SSSR count). The van der Waals surface area contributed by atoms with Crippen LogP contribution in [-0.4, -0.2) is 6.10 Å². The van der Waals surface area contributed by atoms with Gasteiger partial charge in [-0.1, -0.05) is 28.1 Å². The molecule has 0 aliphatic rings. The van der Waals surface area contributed by atoms with E-state index < -0.39 is 0 Å². The minimum atomic E-state index is -0.220. The van der Waals surface area contributed by atoms with E-state index in [1.165, 1.54) is 12.1 Å². The highest BCUT2D eigenvalue weighted by molar-refractivity contribution is 9.10. The van der Waals surface area contributed by atoms with Gasteiger partial charge in [-0.05, 0) is 55.3 Å². The predicted molar refractivity (Wildman–Crippen MR) is 86.8 cm³/mol. The lowest BCUT2D eigenvalue weighted by Crippen LogP contribution is -2.13. The van der Waals surface area contributed by atoms with E-state index in [0.29, 0.717) is 13.1 Å². The van der Waals surface area contributed by atoms with Gasteiger partial charge in [-0.2, -0.15) is 0 Å². The van der Waals surface area contributed by atoms with Crippen LogP contribution in [0.3, 0.4) is 0 Å². The summed E-state index contributed by atoms with van der Waals surface area (Å²) in [6.07, 6.45) is 0.163. The fourth-order valence-electron chi connectivity index (χ4n) is 2.02. The van der Waals surface area contributed by atoms with Crippen molar-refractivity contribution in [3.05, 3.63) is 63.9 Å². The van der Waals surface area contributed by atoms with Crippen LogP contribution in [0.4, 0.5) is 4.39 Å². The summed E-state index contributed by atoms with van der Waals surface area (Å²) in [7, 11) is 0. The van der Waals surface area contributed by atoms with Crippen LogP contribution in [0.25, 0.3) is 0 Å². The van der Waals surface area contributed by atoms with Crippen molar-refractivity contribution in [2.24, 2.45) is 0 Å². The summed E-state index contributed by atoms with van der Waals surface area (Å²) in [6, 6.07) is 12.7. The monoisotopic (exact) mass is 351 g/mol. The lowest BCUT2D eigenvalue weighted by molar-refractivity contribution is 0.242. The summed E-state index contributed by atoms with van der Waals surface area (Å²) in [6.45, 7) is 5.32. The molecule has 0 unspecified atom stereocenters. The van der Waals surface area contributed by atoms with Gasteiger partial charge >= 0.3 is 0 Å². The highest BCUT2D eigenvalue weighted by Crippen LogP contribution is 2.18. The summed E-state index contributed by atoms with van der Waals surface area (Å²) in [4.78, 5) is 0. The van der Waals surface area contributed by atoms with Gasteiger partial charge in [-0.3, -0.25) is 0 Å². The molecule has 2 aromatic carbocycles. The Kier molecular flexibility index (Phi) is 5.76. The molecule has 0 aliphatic carbocycles. The maximum Gasteiger partial charge on any atom is 0.123 e. The first kappa shape index (κ1) is 16.0. The van der Waals surface area contributed by atoms with E-state index in [2.05, 4.69) is 21.2 Å². The number of rotatable bonds is 6. The molecule has 0 radical (unpaired) electrons. The second kappa shape index (κ2) is 7.57. The molecule has 0 aliphatic heterocycles. The fraction of sp³-hybridized carbons (Fsp3) is 0.294. The number of nitrogens with one attached hydrogen (secondary N) is 1. The zero-order valence-corrected chi connectivity index (χ0v) is 13.8. The molecule has 0 atom stereocenters. The first-order valence-electron chi connectivity index (χ1n) is 6.95. The molecule has 0 bridgehead atoms. The topological polar surface area (TPSA) is 21.3 Å². The van der Waals surface area contributed by atoms with Gasteiger partial charge in [0, 0.05) is 17.6 Å². The Morgan fingerprint density at radius 3 is 2.71 bits per heavy atom. The summed E-state index contributed by atoms with van der Waals surface area (Å²) < 4.78 is 19.8. The molecule has 0 amide bonds. The average molecular weight is 352 g/mol. The zero-order chi connectivity index (χ0) is 15.2. The van der Waals surface area contributed by atoms with E-state index in [1.807, 2.05) is 38.1 Å². The van der Waals surface area contributed by atoms with Gasteiger partial charge in [0.1, 0.15) is 11.6 Å². The molecular weight excluding hydrogens is 333 g/mol. The molecule has 0 saturated carbocycles. The van der Waals surface area contributed by atoms with E-state index in [0.717, 1.165) is 21.3 Å². The minimum absolute atomic E-state index is 0.163. The van der Waals surface area contributed by atoms with Gasteiger partial charge < -0.3 is 10.1 Å². The van der Waals surface area contributed by atoms with E-state index in [-0.39, 0.29) is 11.9 Å². The molecule has 0 saturated heterocycles. The number of benzene rings is 2. The second-order valence-electron chi connectivity index (χ2n) is 5.15. The maximum absolute atomic E-state index is 13.2. The molecule has 4 heteroatoms. The third kappa shape index (κ3) is 5.14. The van der Waals surface area contributed by atoms with Crippen molar-refractivity contribution in [3.63, 3.8) is 0 Å². The van der Waals surface area contributed by atoms with Gasteiger partial charge in [0.2, 0.25) is 0 Å². The summed E-state index contributed by atoms with van der Waals surface area (Å²) in [5.74, 6) is 0.651. The molecule has 2 nitrogen and oxygen atoms in total. The van der Waals surface area contributed by atoms with E-state index in [4.69, 9.17) is 4.74 Å². The van der Waals surface area contributed by atoms with Crippen LogP contribution in [0.15, 0.2) is 46.9 Å². The van der Waals surface area contributed by atoms with Crippen molar-refractivity contribution in [2.45, 2.75) is 33.0 Å². The lowest BCUT2D eigenvalue weighted by atomic mass is 10.2. The quantitative estimate of drug-likeness (QED) is 0.816. The van der Waals surface area contributed by atoms with Crippen molar-refractivity contribution in [1.29, 1.82) is 0 Å². The average Bonchev–Trinajstić information content (AvgIpc) is 2.42. The van der Waals surface area contributed by atoms with Crippen LogP contribution in [0.5, 0.6) is 5.75 Å². The van der Waals surface area contributed by atoms with Crippen LogP contribution in [0, 0.1) is 5.82 Å². The Hall–Kier alpha value is -1.39. The highest BCUT2D eigenvalue weighted by Gasteiger charge is 2.03. The summed E-state index contributed by atoms with van der Waals surface area (Å²) >= 11 is 3.43. The van der Waals surface area contributed by atoms with Gasteiger partial charge in [-0.15, -0.1) is 0 Å². The van der Waals surface area contributed by atoms with E-state index >= 15 is 0 Å². The SMILES string of the molecule is CC(C)Oc1cccc(CNCc2cc(F)ccc2Br)c1. The minimum Gasteiger partial charge on any atom is -0.491 e. The van der Waals surface area contributed by atoms with Crippen molar-refractivity contribution in [2.75, 3.05) is 0 Å². The third-order valence-corrected chi connectivity index (χ3v) is 3.70. The van der Waals surface area contributed by atoms with Gasteiger partial charge in [0.05, 0.1) is 6.10 Å². The Balaban J connectivity index is 1.92. The number of ether oxygens (including phenoxy) is 1. The van der Waals surface area contributed by atoms with Crippen LogP contribution in [0.1, 0.15) is 25.0 Å². The molecule has 0 heterocycles. The Labute approximate surface area is 133 Å². The maximum atomic E-state index is 13.2. The molecule has 21 heavy (non-hydrogen) atoms. The predicted octanol–water partition coefficient (Wildman–Crippen LogP) is 4.67. The smallest absolute Gasteiger partial charge is 0.123 e. The number of hydrogen-bond acceptors (Lipinski definition) is 2. The Morgan fingerprint density at radius 2 is 1.95 bits per heavy atom. The van der Waals surface area contributed by atoms with E-state index in [9.17, 15) is 4.39 Å². The highest BCUT2D eigenvalue weighted by atomic mass is 79.9. The number of hydrogen-bond donors (Lipinski definition) is 1. The Morgan fingerprint density at radius 1 is 1.14 bits per heavy atom. The zero-order valence-electron chi connectivity index (χ0n) is 12.2. The Bertz CT molecular complexity index is 601. The molecule has 0 aromatic heterocycles. The molecule has 1 N–H and O–H groups in total. The molecule has 0 fully saturated rings. The van der Waals surface area contributed by atoms with Gasteiger partial charge in [-0.25, -0.2) is 4.39 Å². The van der Waals surface area contributed by atoms with E-state index in [1.54, 1.807) is 6.07 Å². The van der Waals surface area contributed by atoms with Gasteiger partial charge in [0.25, 0.3) is 0 Å². The van der Waals surface area contributed by atoms with Gasteiger partial charge in [0.15, 0.2) is 0 Å². The normalized spacial score (nSPS) is 10.9. The van der Waals surface area contributed by atoms with Crippen LogP contribution >= 0.6 is 15.9 Å². The van der Waals surface area contributed by atoms with Crippen LogP contribution in [0.2, 0.25) is 0 Å². The van der Waals surface area contributed by atoms with Crippen LogP contribution in [-0.2, 0) is 13.1 Å². The van der Waals surface area contributed by atoms with Crippen molar-refractivity contribution >= 4 is 15.9 Å². The first-order valence-corrected chi connectivity index (χ1v) is 7.74. The van der Waals surface area contributed by atoms with Crippen molar-refractivity contribution < 1.29 is 9.13 Å². The largest absolute Gasteiger partial charge is 0.491 e. The second-order valence-corrected chi connectivity index (χ2v) is 6.01. The van der Waals surface area contributed by atoms with Crippen LogP contribution < -0.4 is 10.1 Å². The number of halogens is 2. The summed E-state index contributed by atoms with van der Waals surface area (Å²) in [5.41, 5.74) is 2.05.